The summed E-state index contributed by atoms with van der Waals surface area (Å²) in [6.45, 7) is 6.68. The van der Waals surface area contributed by atoms with Crippen molar-refractivity contribution in [2.24, 2.45) is 0 Å². The highest BCUT2D eigenvalue weighted by molar-refractivity contribution is 7.09. The monoisotopic (exact) mass is 275 g/mol. The molecule has 0 aliphatic heterocycles. The summed E-state index contributed by atoms with van der Waals surface area (Å²) in [6.07, 6.45) is 0.807. The molecule has 1 aromatic carbocycles. The maximum atomic E-state index is 9.58. The van der Waals surface area contributed by atoms with Gasteiger partial charge in [0.2, 0.25) is 0 Å². The van der Waals surface area contributed by atoms with Gasteiger partial charge in [-0.25, -0.2) is 4.98 Å². The lowest BCUT2D eigenvalue weighted by molar-refractivity contribution is 0.264. The largest absolute Gasteiger partial charge is 0.396 e. The summed E-state index contributed by atoms with van der Waals surface area (Å²) in [6, 6.07) is 10.2. The third kappa shape index (κ3) is 3.64. The van der Waals surface area contributed by atoms with Crippen LogP contribution in [0, 0.1) is 0 Å². The minimum Gasteiger partial charge on any atom is -0.396 e. The average Bonchev–Trinajstić information content (AvgIpc) is 2.85. The summed E-state index contributed by atoms with van der Waals surface area (Å²) in [7, 11) is 0. The van der Waals surface area contributed by atoms with Crippen molar-refractivity contribution in [1.82, 2.24) is 4.98 Å². The van der Waals surface area contributed by atoms with Crippen molar-refractivity contribution >= 4 is 11.3 Å². The molecule has 1 heterocycles. The summed E-state index contributed by atoms with van der Waals surface area (Å²) < 4.78 is 0. The van der Waals surface area contributed by atoms with E-state index in [1.54, 1.807) is 11.3 Å². The highest BCUT2D eigenvalue weighted by atomic mass is 32.1. The van der Waals surface area contributed by atoms with E-state index in [2.05, 4.69) is 38.3 Å². The van der Waals surface area contributed by atoms with Crippen LogP contribution in [0.4, 0.5) is 0 Å². The maximum absolute atomic E-state index is 9.58. The number of aliphatic hydroxyl groups excluding tert-OH is 1. The van der Waals surface area contributed by atoms with Gasteiger partial charge in [0.05, 0.1) is 17.3 Å². The molecule has 0 amide bonds. The van der Waals surface area contributed by atoms with Crippen molar-refractivity contribution in [1.29, 1.82) is 0 Å². The van der Waals surface area contributed by atoms with Gasteiger partial charge in [0.1, 0.15) is 0 Å². The molecule has 0 aliphatic carbocycles. The summed E-state index contributed by atoms with van der Waals surface area (Å²) in [5.74, 6) is 0.139. The lowest BCUT2D eigenvalue weighted by atomic mass is 9.93. The fraction of sp³-hybridized carbons (Fsp3) is 0.438. The second kappa shape index (κ2) is 5.85. The molecule has 0 fully saturated rings. The smallest absolute Gasteiger partial charge is 0.0935 e. The Kier molecular flexibility index (Phi) is 4.38. The molecule has 0 radical (unpaired) electrons. The molecular weight excluding hydrogens is 254 g/mol. The van der Waals surface area contributed by atoms with Gasteiger partial charge in [-0.1, -0.05) is 51.1 Å². The number of hydrogen-bond acceptors (Lipinski definition) is 3. The van der Waals surface area contributed by atoms with Crippen molar-refractivity contribution in [3.63, 3.8) is 0 Å². The van der Waals surface area contributed by atoms with Gasteiger partial charge in [-0.05, 0) is 5.56 Å². The molecule has 1 atom stereocenters. The van der Waals surface area contributed by atoms with Crippen molar-refractivity contribution in [2.45, 2.75) is 38.5 Å². The predicted molar refractivity (Wildman–Crippen MR) is 80.8 cm³/mol. The number of benzene rings is 1. The molecule has 1 aromatic heterocycles. The molecule has 1 unspecified atom stereocenters. The molecular formula is C16H21NOS. The van der Waals surface area contributed by atoms with Gasteiger partial charge in [0, 0.05) is 23.1 Å². The standard InChI is InChI=1S/C16H21NOS/c1-16(2,3)14-11-19-15(17-14)9-13(10-18)12-7-5-4-6-8-12/h4-8,11,13,18H,9-10H2,1-3H3. The molecule has 2 aromatic rings. The van der Waals surface area contributed by atoms with Crippen LogP contribution in [0.3, 0.4) is 0 Å². The molecule has 0 saturated carbocycles. The molecule has 0 bridgehead atoms. The molecule has 3 heteroatoms. The summed E-state index contributed by atoms with van der Waals surface area (Å²) in [4.78, 5) is 4.70. The first kappa shape index (κ1) is 14.2. The Hall–Kier alpha value is -1.19. The van der Waals surface area contributed by atoms with Crippen LogP contribution in [0.2, 0.25) is 0 Å². The molecule has 1 N–H and O–H groups in total. The molecule has 2 nitrogen and oxygen atoms in total. The average molecular weight is 275 g/mol. The first-order chi connectivity index (χ1) is 9.00. The van der Waals surface area contributed by atoms with Crippen LogP contribution in [0.5, 0.6) is 0 Å². The second-order valence-corrected chi connectivity index (χ2v) is 6.81. The van der Waals surface area contributed by atoms with Gasteiger partial charge in [-0.15, -0.1) is 11.3 Å². The van der Waals surface area contributed by atoms with Crippen LogP contribution < -0.4 is 0 Å². The molecule has 2 rings (SSSR count). The molecule has 102 valence electrons. The Morgan fingerprint density at radius 2 is 1.89 bits per heavy atom. The number of hydrogen-bond donors (Lipinski definition) is 1. The third-order valence-electron chi connectivity index (χ3n) is 3.23. The number of thiazole rings is 1. The minimum atomic E-state index is 0.0935. The highest BCUT2D eigenvalue weighted by Crippen LogP contribution is 2.27. The Morgan fingerprint density at radius 1 is 1.21 bits per heavy atom. The number of aromatic nitrogens is 1. The Balaban J connectivity index is 2.13. The van der Waals surface area contributed by atoms with E-state index in [-0.39, 0.29) is 17.9 Å². The first-order valence-corrected chi connectivity index (χ1v) is 7.49. The van der Waals surface area contributed by atoms with E-state index in [1.165, 1.54) is 5.56 Å². The molecule has 0 aliphatic rings. The zero-order chi connectivity index (χ0) is 13.9. The highest BCUT2D eigenvalue weighted by Gasteiger charge is 2.19. The molecule has 0 saturated heterocycles. The van der Waals surface area contributed by atoms with E-state index in [4.69, 9.17) is 4.98 Å². The van der Waals surface area contributed by atoms with Crippen LogP contribution in [0.25, 0.3) is 0 Å². The van der Waals surface area contributed by atoms with Crippen LogP contribution in [-0.2, 0) is 11.8 Å². The van der Waals surface area contributed by atoms with Crippen molar-refractivity contribution in [3.05, 3.63) is 52.0 Å². The fourth-order valence-electron chi connectivity index (χ4n) is 1.97. The van der Waals surface area contributed by atoms with Crippen molar-refractivity contribution in [3.8, 4) is 0 Å². The van der Waals surface area contributed by atoms with Gasteiger partial charge >= 0.3 is 0 Å². The topological polar surface area (TPSA) is 33.1 Å². The Morgan fingerprint density at radius 3 is 2.42 bits per heavy atom. The number of aliphatic hydroxyl groups is 1. The van der Waals surface area contributed by atoms with Crippen LogP contribution >= 0.6 is 11.3 Å². The van der Waals surface area contributed by atoms with E-state index in [1.807, 2.05) is 18.2 Å². The lowest BCUT2D eigenvalue weighted by Gasteiger charge is -2.15. The predicted octanol–water partition coefficient (Wildman–Crippen LogP) is 3.76. The SMILES string of the molecule is CC(C)(C)c1csc(CC(CO)c2ccccc2)n1. The minimum absolute atomic E-state index is 0.0935. The van der Waals surface area contributed by atoms with Crippen LogP contribution in [0.1, 0.15) is 43.0 Å². The molecule has 0 spiro atoms. The van der Waals surface area contributed by atoms with E-state index in [0.29, 0.717) is 0 Å². The van der Waals surface area contributed by atoms with Gasteiger partial charge in [0.25, 0.3) is 0 Å². The summed E-state index contributed by atoms with van der Waals surface area (Å²) >= 11 is 1.69. The normalized spacial score (nSPS) is 13.5. The fourth-order valence-corrected chi connectivity index (χ4v) is 3.08. The van der Waals surface area contributed by atoms with Gasteiger partial charge in [-0.2, -0.15) is 0 Å². The van der Waals surface area contributed by atoms with E-state index >= 15 is 0 Å². The van der Waals surface area contributed by atoms with Gasteiger partial charge < -0.3 is 5.11 Å². The van der Waals surface area contributed by atoms with Gasteiger partial charge in [-0.3, -0.25) is 0 Å². The zero-order valence-electron chi connectivity index (χ0n) is 11.8. The first-order valence-electron chi connectivity index (χ1n) is 6.61. The van der Waals surface area contributed by atoms with Crippen LogP contribution in [-0.4, -0.2) is 16.7 Å². The number of nitrogens with zero attached hydrogens (tertiary/aromatic N) is 1. The lowest BCUT2D eigenvalue weighted by Crippen LogP contribution is -2.12. The van der Waals surface area contributed by atoms with E-state index in [9.17, 15) is 5.11 Å². The summed E-state index contributed by atoms with van der Waals surface area (Å²) in [5, 5.41) is 12.8. The number of rotatable bonds is 4. The summed E-state index contributed by atoms with van der Waals surface area (Å²) in [5.41, 5.74) is 2.41. The van der Waals surface area contributed by atoms with Crippen molar-refractivity contribution in [2.75, 3.05) is 6.61 Å². The Labute approximate surface area is 119 Å². The maximum Gasteiger partial charge on any atom is 0.0935 e. The van der Waals surface area contributed by atoms with E-state index < -0.39 is 0 Å². The molecule has 19 heavy (non-hydrogen) atoms. The van der Waals surface area contributed by atoms with E-state index in [0.717, 1.165) is 17.1 Å². The van der Waals surface area contributed by atoms with Crippen LogP contribution in [0.15, 0.2) is 35.7 Å². The Bertz CT molecular complexity index is 513. The zero-order valence-corrected chi connectivity index (χ0v) is 12.6. The third-order valence-corrected chi connectivity index (χ3v) is 4.10. The quantitative estimate of drug-likeness (QED) is 0.921. The second-order valence-electron chi connectivity index (χ2n) is 5.87. The van der Waals surface area contributed by atoms with Crippen molar-refractivity contribution < 1.29 is 5.11 Å². The van der Waals surface area contributed by atoms with Gasteiger partial charge in [0.15, 0.2) is 0 Å².